The minimum atomic E-state index is 0. The average Bonchev–Trinajstić information content (AvgIpc) is 3.26. The number of nitrogens with one attached hydrogen (secondary N) is 2. The monoisotopic (exact) mass is 479 g/mol. The maximum absolute atomic E-state index is 4.37. The van der Waals surface area contributed by atoms with Crippen LogP contribution in [0, 0.1) is 0 Å². The maximum Gasteiger partial charge on any atom is 0.191 e. The molecule has 0 unspecified atom stereocenters. The van der Waals surface area contributed by atoms with Gasteiger partial charge in [0, 0.05) is 50.8 Å². The molecule has 1 aromatic heterocycles. The Morgan fingerprint density at radius 2 is 2.00 bits per heavy atom. The third kappa shape index (κ3) is 5.22. The fourth-order valence-corrected chi connectivity index (χ4v) is 4.69. The Hall–Kier alpha value is -0.550. The largest absolute Gasteiger partial charge is 0.355 e. The summed E-state index contributed by atoms with van der Waals surface area (Å²) in [4.78, 5) is 11.3. The highest BCUT2D eigenvalue weighted by atomic mass is 127. The summed E-state index contributed by atoms with van der Waals surface area (Å²) < 4.78 is 1.78. The van der Waals surface area contributed by atoms with Crippen LogP contribution in [0.3, 0.4) is 0 Å². The van der Waals surface area contributed by atoms with Crippen LogP contribution in [0.25, 0.3) is 0 Å². The van der Waals surface area contributed by atoms with Crippen molar-refractivity contribution in [2.24, 2.45) is 12.0 Å². The molecule has 142 valence electrons. The van der Waals surface area contributed by atoms with Gasteiger partial charge in [-0.3, -0.25) is 14.6 Å². The van der Waals surface area contributed by atoms with E-state index in [2.05, 4.69) is 42.4 Å². The Labute approximate surface area is 171 Å². The Balaban J connectivity index is 0.00000225. The number of rotatable bonds is 5. The van der Waals surface area contributed by atoms with Crippen molar-refractivity contribution in [3.63, 3.8) is 0 Å². The van der Waals surface area contributed by atoms with Crippen LogP contribution in [-0.4, -0.2) is 69.4 Å². The lowest BCUT2D eigenvalue weighted by molar-refractivity contribution is 0.107. The van der Waals surface area contributed by atoms with Crippen LogP contribution in [0.2, 0.25) is 0 Å². The molecule has 1 aliphatic heterocycles. The molecular weight excluding hydrogens is 449 g/mol. The van der Waals surface area contributed by atoms with Gasteiger partial charge < -0.3 is 10.6 Å². The quantitative estimate of drug-likeness (QED) is 0.379. The van der Waals surface area contributed by atoms with Crippen molar-refractivity contribution in [2.75, 3.05) is 38.2 Å². The number of hydrogen-bond donors (Lipinski definition) is 2. The van der Waals surface area contributed by atoms with Crippen molar-refractivity contribution < 1.29 is 0 Å². The van der Waals surface area contributed by atoms with Gasteiger partial charge >= 0.3 is 0 Å². The molecule has 2 aliphatic rings. The molecule has 3 rings (SSSR count). The van der Waals surface area contributed by atoms with Crippen molar-refractivity contribution in [3.8, 4) is 0 Å². The zero-order valence-electron chi connectivity index (χ0n) is 15.2. The van der Waals surface area contributed by atoms with Gasteiger partial charge in [0.15, 0.2) is 5.96 Å². The van der Waals surface area contributed by atoms with Crippen LogP contribution in [0.15, 0.2) is 11.3 Å². The van der Waals surface area contributed by atoms with E-state index >= 15 is 0 Å². The van der Waals surface area contributed by atoms with Gasteiger partial charge in [0.1, 0.15) is 12.2 Å². The van der Waals surface area contributed by atoms with Crippen molar-refractivity contribution >= 4 is 41.7 Å². The van der Waals surface area contributed by atoms with E-state index in [0.717, 1.165) is 18.3 Å². The molecule has 0 aromatic carbocycles. The molecule has 0 radical (unpaired) electrons. The SMILES string of the molecule is CN=C(NCc1ncnn1C)NCC1(N2CCSCC2)CCCC1.I. The van der Waals surface area contributed by atoms with Crippen LogP contribution in [0.1, 0.15) is 31.5 Å². The van der Waals surface area contributed by atoms with E-state index in [1.54, 1.807) is 11.0 Å². The molecule has 0 atom stereocenters. The van der Waals surface area contributed by atoms with Crippen molar-refractivity contribution in [1.82, 2.24) is 30.3 Å². The first-order chi connectivity index (χ1) is 11.7. The van der Waals surface area contributed by atoms with E-state index in [9.17, 15) is 0 Å². The van der Waals surface area contributed by atoms with Crippen LogP contribution in [0.4, 0.5) is 0 Å². The molecule has 0 amide bonds. The summed E-state index contributed by atoms with van der Waals surface area (Å²) in [6.45, 7) is 4.04. The number of aromatic nitrogens is 3. The smallest absolute Gasteiger partial charge is 0.191 e. The summed E-state index contributed by atoms with van der Waals surface area (Å²) >= 11 is 2.08. The fraction of sp³-hybridized carbons (Fsp3) is 0.812. The molecule has 1 aliphatic carbocycles. The molecule has 7 nitrogen and oxygen atoms in total. The number of halogens is 1. The molecule has 2 N–H and O–H groups in total. The van der Waals surface area contributed by atoms with Crippen LogP contribution >= 0.6 is 35.7 Å². The van der Waals surface area contributed by atoms with Gasteiger partial charge in [-0.15, -0.1) is 24.0 Å². The zero-order chi connectivity index (χ0) is 16.8. The summed E-state index contributed by atoms with van der Waals surface area (Å²) in [5.41, 5.74) is 0.309. The zero-order valence-corrected chi connectivity index (χ0v) is 18.3. The van der Waals surface area contributed by atoms with E-state index in [-0.39, 0.29) is 24.0 Å². The van der Waals surface area contributed by atoms with Crippen molar-refractivity contribution in [1.29, 1.82) is 0 Å². The lowest BCUT2D eigenvalue weighted by atomic mass is 9.94. The topological polar surface area (TPSA) is 70.4 Å². The lowest BCUT2D eigenvalue weighted by Gasteiger charge is -2.43. The van der Waals surface area contributed by atoms with Gasteiger partial charge in [0.2, 0.25) is 0 Å². The predicted molar refractivity (Wildman–Crippen MR) is 115 cm³/mol. The van der Waals surface area contributed by atoms with Crippen LogP contribution in [0.5, 0.6) is 0 Å². The highest BCUT2D eigenvalue weighted by Gasteiger charge is 2.39. The fourth-order valence-electron chi connectivity index (χ4n) is 3.79. The molecule has 1 saturated carbocycles. The van der Waals surface area contributed by atoms with E-state index in [0.29, 0.717) is 12.1 Å². The molecule has 0 spiro atoms. The first-order valence-electron chi connectivity index (χ1n) is 8.84. The number of aryl methyl sites for hydroxylation is 1. The van der Waals surface area contributed by atoms with E-state index in [1.807, 2.05) is 14.1 Å². The van der Waals surface area contributed by atoms with Gasteiger partial charge in [-0.2, -0.15) is 16.9 Å². The molecular formula is C16H30IN7S. The van der Waals surface area contributed by atoms with Crippen LogP contribution < -0.4 is 10.6 Å². The van der Waals surface area contributed by atoms with Gasteiger partial charge in [-0.1, -0.05) is 12.8 Å². The van der Waals surface area contributed by atoms with Gasteiger partial charge in [0.05, 0.1) is 6.54 Å². The van der Waals surface area contributed by atoms with Gasteiger partial charge in [-0.25, -0.2) is 4.98 Å². The molecule has 9 heteroatoms. The van der Waals surface area contributed by atoms with Crippen LogP contribution in [-0.2, 0) is 13.6 Å². The molecule has 2 heterocycles. The van der Waals surface area contributed by atoms with E-state index < -0.39 is 0 Å². The summed E-state index contributed by atoms with van der Waals surface area (Å²) in [7, 11) is 3.73. The number of nitrogens with zero attached hydrogens (tertiary/aromatic N) is 5. The molecule has 2 fully saturated rings. The number of thioether (sulfide) groups is 1. The Kier molecular flexibility index (Phi) is 8.27. The molecule has 1 aromatic rings. The Morgan fingerprint density at radius 3 is 2.60 bits per heavy atom. The highest BCUT2D eigenvalue weighted by Crippen LogP contribution is 2.36. The summed E-state index contributed by atoms with van der Waals surface area (Å²) in [6, 6.07) is 0. The maximum atomic E-state index is 4.37. The normalized spacial score (nSPS) is 21.0. The van der Waals surface area contributed by atoms with E-state index in [1.165, 1.54) is 50.3 Å². The number of hydrogen-bond acceptors (Lipinski definition) is 5. The Bertz CT molecular complexity index is 550. The standard InChI is InChI=1S/C16H29N7S.HI/c1-17-15(18-11-14-20-13-21-22(14)2)19-12-16(5-3-4-6-16)23-7-9-24-10-8-23;/h13H,3-12H2,1-2H3,(H2,17,18,19);1H. The van der Waals surface area contributed by atoms with Gasteiger partial charge in [0.25, 0.3) is 0 Å². The van der Waals surface area contributed by atoms with Crippen molar-refractivity contribution in [3.05, 3.63) is 12.2 Å². The third-order valence-corrected chi connectivity index (χ3v) is 6.19. The second-order valence-corrected chi connectivity index (χ2v) is 7.83. The Morgan fingerprint density at radius 1 is 1.28 bits per heavy atom. The van der Waals surface area contributed by atoms with E-state index in [4.69, 9.17) is 0 Å². The average molecular weight is 479 g/mol. The first-order valence-corrected chi connectivity index (χ1v) is 9.99. The molecule has 25 heavy (non-hydrogen) atoms. The molecule has 0 bridgehead atoms. The second-order valence-electron chi connectivity index (χ2n) is 6.61. The predicted octanol–water partition coefficient (Wildman–Crippen LogP) is 1.46. The summed E-state index contributed by atoms with van der Waals surface area (Å²) in [5, 5.41) is 11.0. The lowest BCUT2D eigenvalue weighted by Crippen LogP contribution is -2.57. The van der Waals surface area contributed by atoms with Gasteiger partial charge in [-0.05, 0) is 12.8 Å². The summed E-state index contributed by atoms with van der Waals surface area (Å²) in [5.74, 6) is 4.28. The minimum absolute atomic E-state index is 0. The molecule has 1 saturated heterocycles. The first kappa shape index (κ1) is 20.8. The number of aliphatic imine (C=N–C) groups is 1. The summed E-state index contributed by atoms with van der Waals surface area (Å²) in [6.07, 6.45) is 6.86. The number of guanidine groups is 1. The highest BCUT2D eigenvalue weighted by molar-refractivity contribution is 14.0. The second kappa shape index (κ2) is 9.96. The minimum Gasteiger partial charge on any atom is -0.355 e. The van der Waals surface area contributed by atoms with Crippen molar-refractivity contribution in [2.45, 2.75) is 37.8 Å². The third-order valence-electron chi connectivity index (χ3n) is 5.24.